The number of hydrogen-bond donors (Lipinski definition) is 1. The van der Waals surface area contributed by atoms with Gasteiger partial charge < -0.3 is 15.0 Å². The summed E-state index contributed by atoms with van der Waals surface area (Å²) in [6.45, 7) is 2.02. The van der Waals surface area contributed by atoms with Gasteiger partial charge in [-0.1, -0.05) is 35.9 Å². The fourth-order valence-corrected chi connectivity index (χ4v) is 4.62. The smallest absolute Gasteiger partial charge is 0.223 e. The highest BCUT2D eigenvalue weighted by atomic mass is 35.5. The van der Waals surface area contributed by atoms with Crippen LogP contribution in [-0.4, -0.2) is 40.7 Å². The summed E-state index contributed by atoms with van der Waals surface area (Å²) in [6, 6.07) is 17.5. The monoisotopic (exact) mass is 475 g/mol. The number of halogens is 1. The number of carbonyl (C=O) groups is 1. The SMILES string of the molecule is COc1cccc(-c2cc3c(N4CCC(C(=O)NCc5cccc(Cl)c5)CC4)nccn3n2)c1. The molecule has 7 nitrogen and oxygen atoms in total. The summed E-state index contributed by atoms with van der Waals surface area (Å²) < 4.78 is 7.21. The van der Waals surface area contributed by atoms with Gasteiger partial charge in [0.05, 0.1) is 12.8 Å². The van der Waals surface area contributed by atoms with Crippen LogP contribution in [0.4, 0.5) is 5.82 Å². The number of piperidine rings is 1. The maximum atomic E-state index is 12.7. The average Bonchev–Trinajstić information content (AvgIpc) is 3.32. The Morgan fingerprint density at radius 2 is 1.97 bits per heavy atom. The van der Waals surface area contributed by atoms with Crippen LogP contribution in [0.15, 0.2) is 67.0 Å². The normalized spacial score (nSPS) is 14.4. The Morgan fingerprint density at radius 1 is 1.15 bits per heavy atom. The number of ether oxygens (including phenoxy) is 1. The Balaban J connectivity index is 1.26. The van der Waals surface area contributed by atoms with E-state index in [1.54, 1.807) is 13.3 Å². The van der Waals surface area contributed by atoms with Crippen LogP contribution >= 0.6 is 11.6 Å². The molecule has 1 fully saturated rings. The van der Waals surface area contributed by atoms with Crippen molar-refractivity contribution in [1.29, 1.82) is 0 Å². The van der Waals surface area contributed by atoms with Crippen molar-refractivity contribution in [3.05, 3.63) is 77.6 Å². The Bertz CT molecular complexity index is 1310. The number of methoxy groups -OCH3 is 1. The van der Waals surface area contributed by atoms with Crippen LogP contribution < -0.4 is 15.0 Å². The molecule has 0 spiro atoms. The first-order valence-corrected chi connectivity index (χ1v) is 11.7. The quantitative estimate of drug-likeness (QED) is 0.441. The maximum absolute atomic E-state index is 12.7. The van der Waals surface area contributed by atoms with Crippen molar-refractivity contribution in [3.63, 3.8) is 0 Å². The zero-order valence-corrected chi connectivity index (χ0v) is 19.7. The summed E-state index contributed by atoms with van der Waals surface area (Å²) in [5.41, 5.74) is 3.80. The average molecular weight is 476 g/mol. The molecule has 0 bridgehead atoms. The van der Waals surface area contributed by atoms with Gasteiger partial charge in [0.2, 0.25) is 5.91 Å². The zero-order valence-electron chi connectivity index (χ0n) is 18.9. The summed E-state index contributed by atoms with van der Waals surface area (Å²) in [6.07, 6.45) is 5.19. The first kappa shape index (κ1) is 22.2. The van der Waals surface area contributed by atoms with Gasteiger partial charge in [0.15, 0.2) is 5.82 Å². The number of nitrogens with zero attached hydrogens (tertiary/aromatic N) is 4. The highest BCUT2D eigenvalue weighted by molar-refractivity contribution is 6.30. The van der Waals surface area contributed by atoms with E-state index in [2.05, 4.69) is 21.3 Å². The Morgan fingerprint density at radius 3 is 2.76 bits per heavy atom. The van der Waals surface area contributed by atoms with Crippen molar-refractivity contribution in [2.75, 3.05) is 25.1 Å². The molecule has 3 heterocycles. The molecule has 1 saturated heterocycles. The maximum Gasteiger partial charge on any atom is 0.223 e. The molecule has 5 rings (SSSR count). The van der Waals surface area contributed by atoms with Gasteiger partial charge in [-0.05, 0) is 48.7 Å². The van der Waals surface area contributed by atoms with Crippen molar-refractivity contribution in [2.45, 2.75) is 19.4 Å². The highest BCUT2D eigenvalue weighted by Gasteiger charge is 2.26. The van der Waals surface area contributed by atoms with Crippen LogP contribution in [-0.2, 0) is 11.3 Å². The second kappa shape index (κ2) is 9.73. The van der Waals surface area contributed by atoms with Gasteiger partial charge >= 0.3 is 0 Å². The number of carbonyl (C=O) groups excluding carboxylic acids is 1. The summed E-state index contributed by atoms with van der Waals surface area (Å²) in [7, 11) is 1.66. The molecular weight excluding hydrogens is 450 g/mol. The summed E-state index contributed by atoms with van der Waals surface area (Å²) in [5, 5.41) is 8.47. The number of anilines is 1. The molecule has 1 amide bonds. The van der Waals surface area contributed by atoms with Crippen LogP contribution in [0.2, 0.25) is 5.02 Å². The van der Waals surface area contributed by atoms with E-state index < -0.39 is 0 Å². The van der Waals surface area contributed by atoms with Crippen molar-refractivity contribution in [1.82, 2.24) is 19.9 Å². The fourth-order valence-electron chi connectivity index (χ4n) is 4.41. The first-order chi connectivity index (χ1) is 16.6. The third-order valence-corrected chi connectivity index (χ3v) is 6.49. The number of benzene rings is 2. The molecule has 34 heavy (non-hydrogen) atoms. The standard InChI is InChI=1S/C26H26ClN5O2/c1-34-22-7-3-5-20(15-22)23-16-24-25(28-10-13-32(24)30-23)31-11-8-19(9-12-31)26(33)29-17-18-4-2-6-21(27)14-18/h2-7,10,13-16,19H,8-9,11-12,17H2,1H3,(H,29,33). The van der Waals surface area contributed by atoms with E-state index in [9.17, 15) is 4.79 Å². The fraction of sp³-hybridized carbons (Fsp3) is 0.269. The summed E-state index contributed by atoms with van der Waals surface area (Å²) in [5.74, 6) is 1.77. The van der Waals surface area contributed by atoms with Crippen molar-refractivity contribution >= 4 is 28.8 Å². The molecule has 174 valence electrons. The Hall–Kier alpha value is -3.58. The van der Waals surface area contributed by atoms with Gasteiger partial charge in [0.1, 0.15) is 11.3 Å². The van der Waals surface area contributed by atoms with E-state index in [-0.39, 0.29) is 11.8 Å². The Labute approximate surface area is 203 Å². The van der Waals surface area contributed by atoms with Gasteiger partial charge in [-0.2, -0.15) is 5.10 Å². The lowest BCUT2D eigenvalue weighted by Crippen LogP contribution is -2.40. The Kier molecular flexibility index (Phi) is 6.36. The molecule has 0 radical (unpaired) electrons. The molecule has 2 aromatic carbocycles. The van der Waals surface area contributed by atoms with Gasteiger partial charge in [-0.25, -0.2) is 9.50 Å². The van der Waals surface area contributed by atoms with Crippen LogP contribution in [0.1, 0.15) is 18.4 Å². The van der Waals surface area contributed by atoms with E-state index in [0.29, 0.717) is 11.6 Å². The molecule has 1 aliphatic heterocycles. The van der Waals surface area contributed by atoms with Crippen LogP contribution in [0.25, 0.3) is 16.8 Å². The van der Waals surface area contributed by atoms with Crippen LogP contribution in [0, 0.1) is 5.92 Å². The molecule has 1 N–H and O–H groups in total. The molecular formula is C26H26ClN5O2. The van der Waals surface area contributed by atoms with Crippen LogP contribution in [0.3, 0.4) is 0 Å². The number of aromatic nitrogens is 3. The highest BCUT2D eigenvalue weighted by Crippen LogP contribution is 2.29. The lowest BCUT2D eigenvalue weighted by atomic mass is 9.95. The number of nitrogens with one attached hydrogen (secondary N) is 1. The molecule has 0 saturated carbocycles. The van der Waals surface area contributed by atoms with Crippen molar-refractivity contribution in [2.24, 2.45) is 5.92 Å². The first-order valence-electron chi connectivity index (χ1n) is 11.4. The molecule has 0 unspecified atom stereocenters. The van der Waals surface area contributed by atoms with E-state index in [1.165, 1.54) is 0 Å². The second-order valence-electron chi connectivity index (χ2n) is 8.45. The van der Waals surface area contributed by atoms with E-state index in [1.807, 2.05) is 59.2 Å². The summed E-state index contributed by atoms with van der Waals surface area (Å²) in [4.78, 5) is 19.6. The minimum atomic E-state index is -0.00702. The molecule has 8 heteroatoms. The van der Waals surface area contributed by atoms with Crippen molar-refractivity contribution in [3.8, 4) is 17.0 Å². The minimum absolute atomic E-state index is 0.00702. The number of fused-ring (bicyclic) bond motifs is 1. The van der Waals surface area contributed by atoms with E-state index in [4.69, 9.17) is 21.4 Å². The third kappa shape index (κ3) is 4.70. The lowest BCUT2D eigenvalue weighted by molar-refractivity contribution is -0.125. The zero-order chi connectivity index (χ0) is 23.5. The number of rotatable bonds is 6. The topological polar surface area (TPSA) is 71.8 Å². The summed E-state index contributed by atoms with van der Waals surface area (Å²) >= 11 is 6.04. The molecule has 4 aromatic rings. The van der Waals surface area contributed by atoms with Gasteiger partial charge in [0.25, 0.3) is 0 Å². The molecule has 2 aromatic heterocycles. The minimum Gasteiger partial charge on any atom is -0.497 e. The van der Waals surface area contributed by atoms with Gasteiger partial charge in [-0.3, -0.25) is 4.79 Å². The lowest BCUT2D eigenvalue weighted by Gasteiger charge is -2.32. The number of hydrogen-bond acceptors (Lipinski definition) is 5. The van der Waals surface area contributed by atoms with E-state index in [0.717, 1.165) is 59.8 Å². The van der Waals surface area contributed by atoms with Gasteiger partial charge in [0, 0.05) is 48.5 Å². The van der Waals surface area contributed by atoms with Gasteiger partial charge in [-0.15, -0.1) is 0 Å². The second-order valence-corrected chi connectivity index (χ2v) is 8.89. The predicted octanol–water partition coefficient (Wildman–Crippen LogP) is 4.59. The molecule has 0 atom stereocenters. The van der Waals surface area contributed by atoms with Crippen LogP contribution in [0.5, 0.6) is 5.75 Å². The molecule has 0 aliphatic carbocycles. The number of amides is 1. The predicted molar refractivity (Wildman–Crippen MR) is 133 cm³/mol. The largest absolute Gasteiger partial charge is 0.497 e. The van der Waals surface area contributed by atoms with Crippen molar-refractivity contribution < 1.29 is 9.53 Å². The third-order valence-electron chi connectivity index (χ3n) is 6.26. The van der Waals surface area contributed by atoms with E-state index >= 15 is 0 Å². The molecule has 1 aliphatic rings.